The van der Waals surface area contributed by atoms with E-state index in [2.05, 4.69) is 26.6 Å². The summed E-state index contributed by atoms with van der Waals surface area (Å²) >= 11 is 0. The Kier molecular flexibility index (Phi) is 6.08. The second kappa shape index (κ2) is 9.27. The summed E-state index contributed by atoms with van der Waals surface area (Å²) < 4.78 is 5.33. The summed E-state index contributed by atoms with van der Waals surface area (Å²) in [6, 6.07) is 10.4. The Morgan fingerprint density at radius 2 is 2.10 bits per heavy atom. The zero-order chi connectivity index (χ0) is 21.0. The van der Waals surface area contributed by atoms with Crippen LogP contribution in [0.3, 0.4) is 0 Å². The molecular formula is C22H29N7O2. The van der Waals surface area contributed by atoms with Gasteiger partial charge in [0.1, 0.15) is 5.82 Å². The van der Waals surface area contributed by atoms with E-state index in [1.807, 2.05) is 35.3 Å². The van der Waals surface area contributed by atoms with Crippen LogP contribution in [-0.4, -0.2) is 65.8 Å². The molecule has 2 aliphatic heterocycles. The first-order valence-electron chi connectivity index (χ1n) is 11.1. The lowest BCUT2D eigenvalue weighted by atomic mass is 9.83. The van der Waals surface area contributed by atoms with Gasteiger partial charge in [0.2, 0.25) is 0 Å². The molecule has 1 amide bonds. The van der Waals surface area contributed by atoms with Gasteiger partial charge < -0.3 is 10.1 Å². The van der Waals surface area contributed by atoms with Gasteiger partial charge in [0.05, 0.1) is 13.2 Å². The quantitative estimate of drug-likeness (QED) is 0.569. The molecule has 1 aromatic heterocycles. The van der Waals surface area contributed by atoms with E-state index < -0.39 is 0 Å². The van der Waals surface area contributed by atoms with Crippen LogP contribution in [0.1, 0.15) is 29.6 Å². The van der Waals surface area contributed by atoms with E-state index in [4.69, 9.17) is 9.72 Å². The first kappa shape index (κ1) is 20.3. The maximum Gasteiger partial charge on any atom is 0.265 e. The summed E-state index contributed by atoms with van der Waals surface area (Å²) in [5.41, 5.74) is 11.0. The number of nitrogens with zero attached hydrogens (tertiary/aromatic N) is 3. The van der Waals surface area contributed by atoms with Gasteiger partial charge in [0, 0.05) is 49.0 Å². The molecule has 3 fully saturated rings. The Labute approximate surface area is 181 Å². The van der Waals surface area contributed by atoms with Crippen LogP contribution in [-0.2, 0) is 4.74 Å². The second-order valence-electron chi connectivity index (χ2n) is 8.43. The van der Waals surface area contributed by atoms with Crippen molar-refractivity contribution < 1.29 is 9.53 Å². The van der Waals surface area contributed by atoms with Gasteiger partial charge >= 0.3 is 0 Å². The number of ether oxygens (including phenoxy) is 1. The van der Waals surface area contributed by atoms with E-state index in [0.29, 0.717) is 55.7 Å². The van der Waals surface area contributed by atoms with Crippen molar-refractivity contribution in [1.82, 2.24) is 31.3 Å². The van der Waals surface area contributed by atoms with Crippen molar-refractivity contribution >= 4 is 11.7 Å². The number of hydrogen-bond donors (Lipinski definition) is 4. The number of carbonyl (C=O) groups excluding carboxylic acids is 1. The Bertz CT molecular complexity index is 918. The topological polar surface area (TPSA) is 103 Å². The van der Waals surface area contributed by atoms with Crippen LogP contribution in [0.25, 0.3) is 11.4 Å². The number of aromatic nitrogens is 2. The minimum atomic E-state index is -0.131. The van der Waals surface area contributed by atoms with Crippen LogP contribution in [0, 0.1) is 5.92 Å². The lowest BCUT2D eigenvalue weighted by Gasteiger charge is -2.31. The van der Waals surface area contributed by atoms with Crippen molar-refractivity contribution in [1.29, 1.82) is 0 Å². The predicted molar refractivity (Wildman–Crippen MR) is 117 cm³/mol. The number of hydrazine groups is 2. The highest BCUT2D eigenvalue weighted by atomic mass is 16.5. The van der Waals surface area contributed by atoms with Crippen LogP contribution < -0.4 is 21.6 Å². The SMILES string of the molecule is O=C(NN1CCOCC1)c1cccc(-c2nccc(NC3CCC4NNCC4C3)n2)c1. The maximum absolute atomic E-state index is 12.7. The molecular weight excluding hydrogens is 394 g/mol. The highest BCUT2D eigenvalue weighted by Crippen LogP contribution is 2.28. The molecule has 3 atom stereocenters. The van der Waals surface area contributed by atoms with E-state index in [1.54, 1.807) is 6.20 Å². The Morgan fingerprint density at radius 1 is 1.19 bits per heavy atom. The standard InChI is InChI=1S/C22H29N7O2/c30-22(28-29-8-10-31-11-9-29)16-3-1-2-15(12-16)21-23-7-6-20(26-21)25-18-4-5-19-17(13-18)14-24-27-19/h1-3,6-7,12,17-19,24,27H,4-5,8-11,13-14H2,(H,28,30)(H,23,25,26). The first-order chi connectivity index (χ1) is 15.2. The number of nitrogens with one attached hydrogen (secondary N) is 4. The van der Waals surface area contributed by atoms with E-state index in [0.717, 1.165) is 37.2 Å². The third-order valence-electron chi connectivity index (χ3n) is 6.30. The fraction of sp³-hybridized carbons (Fsp3) is 0.500. The average molecular weight is 424 g/mol. The summed E-state index contributed by atoms with van der Waals surface area (Å²) in [6.07, 6.45) is 5.18. The number of amides is 1. The summed E-state index contributed by atoms with van der Waals surface area (Å²) in [5, 5.41) is 5.48. The minimum absolute atomic E-state index is 0.131. The molecule has 1 aliphatic carbocycles. The summed E-state index contributed by atoms with van der Waals surface area (Å²) in [6.45, 7) is 3.66. The van der Waals surface area contributed by atoms with Gasteiger partial charge in [-0.1, -0.05) is 12.1 Å². The van der Waals surface area contributed by atoms with Crippen molar-refractivity contribution in [3.63, 3.8) is 0 Å². The van der Waals surface area contributed by atoms with Gasteiger partial charge in [-0.3, -0.25) is 21.1 Å². The summed E-state index contributed by atoms with van der Waals surface area (Å²) in [4.78, 5) is 21.8. The highest BCUT2D eigenvalue weighted by molar-refractivity contribution is 5.94. The molecule has 3 unspecified atom stereocenters. The van der Waals surface area contributed by atoms with Gasteiger partial charge in [0.25, 0.3) is 5.91 Å². The molecule has 2 saturated heterocycles. The zero-order valence-electron chi connectivity index (χ0n) is 17.5. The van der Waals surface area contributed by atoms with Crippen LogP contribution in [0.5, 0.6) is 0 Å². The molecule has 0 spiro atoms. The highest BCUT2D eigenvalue weighted by Gasteiger charge is 2.33. The van der Waals surface area contributed by atoms with Crippen molar-refractivity contribution in [2.45, 2.75) is 31.3 Å². The van der Waals surface area contributed by atoms with E-state index in [9.17, 15) is 4.79 Å². The molecule has 0 bridgehead atoms. The van der Waals surface area contributed by atoms with Crippen molar-refractivity contribution in [3.05, 3.63) is 42.1 Å². The molecule has 9 nitrogen and oxygen atoms in total. The largest absolute Gasteiger partial charge is 0.379 e. The minimum Gasteiger partial charge on any atom is -0.379 e. The zero-order valence-corrected chi connectivity index (χ0v) is 17.5. The molecule has 3 heterocycles. The van der Waals surface area contributed by atoms with Gasteiger partial charge in [-0.05, 0) is 43.4 Å². The fourth-order valence-corrected chi connectivity index (χ4v) is 4.60. The lowest BCUT2D eigenvalue weighted by molar-refractivity contribution is 0.0126. The number of hydrogen-bond acceptors (Lipinski definition) is 8. The van der Waals surface area contributed by atoms with Crippen LogP contribution in [0.2, 0.25) is 0 Å². The van der Waals surface area contributed by atoms with Gasteiger partial charge in [-0.15, -0.1) is 0 Å². The Balaban J connectivity index is 1.26. The van der Waals surface area contributed by atoms with Crippen LogP contribution >= 0.6 is 0 Å². The van der Waals surface area contributed by atoms with Crippen LogP contribution in [0.15, 0.2) is 36.5 Å². The van der Waals surface area contributed by atoms with Gasteiger partial charge in [-0.2, -0.15) is 0 Å². The molecule has 1 aromatic carbocycles. The molecule has 5 rings (SSSR count). The van der Waals surface area contributed by atoms with Gasteiger partial charge in [0.15, 0.2) is 5.82 Å². The number of morpholine rings is 1. The molecule has 1 saturated carbocycles. The smallest absolute Gasteiger partial charge is 0.265 e. The second-order valence-corrected chi connectivity index (χ2v) is 8.43. The van der Waals surface area contributed by atoms with E-state index in [-0.39, 0.29) is 5.91 Å². The van der Waals surface area contributed by atoms with Crippen molar-refractivity contribution in [3.8, 4) is 11.4 Å². The Morgan fingerprint density at radius 3 is 3.00 bits per heavy atom. The third kappa shape index (κ3) is 4.85. The molecule has 31 heavy (non-hydrogen) atoms. The molecule has 164 valence electrons. The molecule has 0 radical (unpaired) electrons. The average Bonchev–Trinajstić information content (AvgIpc) is 3.28. The Hall–Kier alpha value is -2.59. The summed E-state index contributed by atoms with van der Waals surface area (Å²) in [5.74, 6) is 1.97. The van der Waals surface area contributed by atoms with Crippen molar-refractivity contribution in [2.24, 2.45) is 5.92 Å². The van der Waals surface area contributed by atoms with Crippen LogP contribution in [0.4, 0.5) is 5.82 Å². The lowest BCUT2D eigenvalue weighted by Crippen LogP contribution is -2.48. The number of carbonyl (C=O) groups is 1. The number of benzene rings is 1. The summed E-state index contributed by atoms with van der Waals surface area (Å²) in [7, 11) is 0. The fourth-order valence-electron chi connectivity index (χ4n) is 4.60. The van der Waals surface area contributed by atoms with E-state index in [1.165, 1.54) is 0 Å². The van der Waals surface area contributed by atoms with Gasteiger partial charge in [-0.25, -0.2) is 15.0 Å². The molecule has 2 aromatic rings. The monoisotopic (exact) mass is 423 g/mol. The molecule has 3 aliphatic rings. The number of anilines is 1. The third-order valence-corrected chi connectivity index (χ3v) is 6.30. The number of fused-ring (bicyclic) bond motifs is 1. The number of rotatable bonds is 5. The van der Waals surface area contributed by atoms with Crippen molar-refractivity contribution in [2.75, 3.05) is 38.2 Å². The molecule has 9 heteroatoms. The first-order valence-corrected chi connectivity index (χ1v) is 11.1. The molecule has 4 N–H and O–H groups in total. The normalized spacial score (nSPS) is 26.3. The predicted octanol–water partition coefficient (Wildman–Crippen LogP) is 1.18. The maximum atomic E-state index is 12.7. The van der Waals surface area contributed by atoms with E-state index >= 15 is 0 Å².